The minimum Gasteiger partial charge on any atom is -0.432 e. The molecule has 1 heterocycles. The maximum atomic E-state index is 13.7. The molecule has 0 radical (unpaired) electrons. The Morgan fingerprint density at radius 1 is 0.909 bits per heavy atom. The Hall–Kier alpha value is -0.730. The lowest BCUT2D eigenvalue weighted by molar-refractivity contribution is -0.298. The number of hydrogen-bond acceptors (Lipinski definition) is 7. The van der Waals surface area contributed by atoms with E-state index < -0.39 is 48.7 Å². The molecule has 11 atom stereocenters. The maximum absolute atomic E-state index is 13.7. The zero-order valence-corrected chi connectivity index (χ0v) is 20.3. The van der Waals surface area contributed by atoms with Gasteiger partial charge >= 0.3 is 5.97 Å². The number of rotatable bonds is 3. The second kappa shape index (κ2) is 7.89. The van der Waals surface area contributed by atoms with E-state index in [1.807, 2.05) is 6.92 Å². The lowest BCUT2D eigenvalue weighted by atomic mass is 9.40. The molecule has 5 aliphatic rings. The largest absolute Gasteiger partial charge is 0.432 e. The minimum atomic E-state index is -1.56. The third kappa shape index (κ3) is 3.44. The smallest absolute Gasteiger partial charge is 0.314 e. The predicted octanol–water partition coefficient (Wildman–Crippen LogP) is 2.52. The van der Waals surface area contributed by atoms with Gasteiger partial charge in [-0.3, -0.25) is 4.79 Å². The van der Waals surface area contributed by atoms with Crippen LogP contribution in [-0.2, 0) is 14.3 Å². The van der Waals surface area contributed by atoms with Gasteiger partial charge in [0.15, 0.2) is 0 Å². The van der Waals surface area contributed by atoms with Crippen LogP contribution in [0.3, 0.4) is 0 Å². The number of ether oxygens (including phenoxy) is 2. The van der Waals surface area contributed by atoms with Gasteiger partial charge in [0.2, 0.25) is 6.29 Å². The first-order valence-corrected chi connectivity index (χ1v) is 13.0. The van der Waals surface area contributed by atoms with E-state index in [1.54, 1.807) is 0 Å². The zero-order chi connectivity index (χ0) is 23.8. The lowest BCUT2D eigenvalue weighted by Crippen LogP contribution is -2.62. The molecule has 2 bridgehead atoms. The number of esters is 1. The molecule has 7 nitrogen and oxygen atoms in total. The summed E-state index contributed by atoms with van der Waals surface area (Å²) in [7, 11) is 0. The number of aliphatic hydroxyl groups excluding tert-OH is 4. The van der Waals surface area contributed by atoms with Crippen molar-refractivity contribution in [2.75, 3.05) is 6.61 Å². The Morgan fingerprint density at radius 3 is 2.36 bits per heavy atom. The van der Waals surface area contributed by atoms with Gasteiger partial charge in [0.1, 0.15) is 24.4 Å². The normalized spacial score (nSPS) is 56.0. The molecule has 5 fully saturated rings. The Balaban J connectivity index is 1.37. The van der Waals surface area contributed by atoms with E-state index in [1.165, 1.54) is 38.5 Å². The van der Waals surface area contributed by atoms with Crippen LogP contribution in [-0.4, -0.2) is 63.7 Å². The quantitative estimate of drug-likeness (QED) is 0.472. The van der Waals surface area contributed by atoms with Crippen molar-refractivity contribution in [1.29, 1.82) is 0 Å². The first kappa shape index (κ1) is 24.0. The molecular formula is C26H42O7. The average molecular weight is 467 g/mol. The second-order valence-electron chi connectivity index (χ2n) is 12.9. The first-order valence-electron chi connectivity index (χ1n) is 13.0. The highest BCUT2D eigenvalue weighted by molar-refractivity contribution is 5.77. The predicted molar refractivity (Wildman–Crippen MR) is 120 cm³/mol. The van der Waals surface area contributed by atoms with Crippen LogP contribution in [0, 0.1) is 33.5 Å². The highest BCUT2D eigenvalue weighted by Crippen LogP contribution is 2.73. The fraction of sp³-hybridized carbons (Fsp3) is 0.962. The van der Waals surface area contributed by atoms with Gasteiger partial charge in [-0.25, -0.2) is 0 Å². The van der Waals surface area contributed by atoms with E-state index in [-0.39, 0.29) is 11.3 Å². The number of carbonyl (C=O) groups is 1. The van der Waals surface area contributed by atoms with Gasteiger partial charge in [0.25, 0.3) is 0 Å². The van der Waals surface area contributed by atoms with Crippen LogP contribution in [0.4, 0.5) is 0 Å². The zero-order valence-electron chi connectivity index (χ0n) is 20.3. The standard InChI is InChI=1S/C26H42O7/c1-23-9-5-17-24(2)7-4-8-25(3,16(24)6-10-26(17,14-23)12-11-23)22(31)33-21-20(30)19(29)18(28)15(13-27)32-21/h15-21,27-30H,4-14H2,1-3H3/t15?,16?,17?,18?,19?,20?,21?,23-,24-,25-,26+/m1/s1. The molecule has 4 N–H and O–H groups in total. The first-order chi connectivity index (χ1) is 15.5. The number of carbonyl (C=O) groups excluding carboxylic acids is 1. The summed E-state index contributed by atoms with van der Waals surface area (Å²) in [6.07, 6.45) is 4.50. The number of fused-ring (bicyclic) bond motifs is 3. The Labute approximate surface area is 196 Å². The van der Waals surface area contributed by atoms with Crippen LogP contribution in [0.1, 0.15) is 85.0 Å². The fourth-order valence-electron chi connectivity index (χ4n) is 9.36. The lowest BCUT2D eigenvalue weighted by Gasteiger charge is -2.64. The molecule has 33 heavy (non-hydrogen) atoms. The van der Waals surface area contributed by atoms with Crippen molar-refractivity contribution in [2.45, 2.75) is 116 Å². The number of hydrogen-bond donors (Lipinski definition) is 4. The topological polar surface area (TPSA) is 116 Å². The van der Waals surface area contributed by atoms with Gasteiger partial charge in [0, 0.05) is 0 Å². The molecule has 4 aliphatic carbocycles. The molecule has 0 aromatic rings. The van der Waals surface area contributed by atoms with Crippen LogP contribution >= 0.6 is 0 Å². The monoisotopic (exact) mass is 466 g/mol. The third-order valence-electron chi connectivity index (χ3n) is 11.0. The molecule has 0 aromatic heterocycles. The summed E-state index contributed by atoms with van der Waals surface area (Å²) >= 11 is 0. The van der Waals surface area contributed by atoms with E-state index in [2.05, 4.69) is 13.8 Å². The van der Waals surface area contributed by atoms with E-state index >= 15 is 0 Å². The molecule has 1 saturated heterocycles. The second-order valence-corrected chi connectivity index (χ2v) is 12.9. The summed E-state index contributed by atoms with van der Waals surface area (Å²) in [5.41, 5.74) is 0.329. The van der Waals surface area contributed by atoms with Crippen LogP contribution < -0.4 is 0 Å². The minimum absolute atomic E-state index is 0.0886. The third-order valence-corrected chi connectivity index (χ3v) is 11.0. The van der Waals surface area contributed by atoms with Gasteiger partial charge in [0.05, 0.1) is 12.0 Å². The van der Waals surface area contributed by atoms with Crippen molar-refractivity contribution in [3.63, 3.8) is 0 Å². The fourth-order valence-corrected chi connectivity index (χ4v) is 9.36. The molecule has 5 rings (SSSR count). The van der Waals surface area contributed by atoms with Crippen LogP contribution in [0.5, 0.6) is 0 Å². The highest BCUT2D eigenvalue weighted by atomic mass is 16.7. The molecule has 1 spiro atoms. The molecular weight excluding hydrogens is 424 g/mol. The van der Waals surface area contributed by atoms with Crippen molar-refractivity contribution in [2.24, 2.45) is 33.5 Å². The number of aliphatic hydroxyl groups is 4. The summed E-state index contributed by atoms with van der Waals surface area (Å²) in [4.78, 5) is 13.7. The molecule has 0 amide bonds. The van der Waals surface area contributed by atoms with E-state index in [9.17, 15) is 25.2 Å². The van der Waals surface area contributed by atoms with Gasteiger partial charge in [-0.15, -0.1) is 0 Å². The molecule has 7 unspecified atom stereocenters. The van der Waals surface area contributed by atoms with Gasteiger partial charge in [-0.1, -0.05) is 20.3 Å². The van der Waals surface area contributed by atoms with Gasteiger partial charge in [-0.05, 0) is 92.8 Å². The van der Waals surface area contributed by atoms with Gasteiger partial charge in [-0.2, -0.15) is 0 Å². The van der Waals surface area contributed by atoms with Crippen molar-refractivity contribution >= 4 is 5.97 Å². The van der Waals surface area contributed by atoms with Crippen molar-refractivity contribution in [3.05, 3.63) is 0 Å². The van der Waals surface area contributed by atoms with Crippen LogP contribution in [0.2, 0.25) is 0 Å². The van der Waals surface area contributed by atoms with E-state index in [0.717, 1.165) is 25.7 Å². The maximum Gasteiger partial charge on any atom is 0.314 e. The van der Waals surface area contributed by atoms with E-state index in [4.69, 9.17) is 9.47 Å². The Kier molecular flexibility index (Phi) is 5.73. The molecule has 1 aliphatic heterocycles. The van der Waals surface area contributed by atoms with Crippen LogP contribution in [0.15, 0.2) is 0 Å². The summed E-state index contributed by atoms with van der Waals surface area (Å²) in [6, 6.07) is 0. The average Bonchev–Trinajstić information content (AvgIpc) is 3.02. The van der Waals surface area contributed by atoms with Gasteiger partial charge < -0.3 is 29.9 Å². The highest BCUT2D eigenvalue weighted by Gasteiger charge is 2.66. The molecule has 188 valence electrons. The molecule has 7 heteroatoms. The SMILES string of the molecule is C[C@@]12CCC3[C@@](CCC4[C@@]3(C)CCC[C@@]4(C)C(=O)OC3OC(CO)C(O)C(O)C3O)(CC1)C2. The van der Waals surface area contributed by atoms with Crippen LogP contribution in [0.25, 0.3) is 0 Å². The summed E-state index contributed by atoms with van der Waals surface area (Å²) in [5.74, 6) is 0.446. The van der Waals surface area contributed by atoms with Crippen molar-refractivity contribution < 1.29 is 34.7 Å². The Morgan fingerprint density at radius 2 is 1.64 bits per heavy atom. The molecule has 4 saturated carbocycles. The summed E-state index contributed by atoms with van der Waals surface area (Å²) in [5, 5.41) is 40.0. The van der Waals surface area contributed by atoms with Crippen molar-refractivity contribution in [3.8, 4) is 0 Å². The summed E-state index contributed by atoms with van der Waals surface area (Å²) in [6.45, 7) is 6.36. The molecule has 0 aromatic carbocycles. The Bertz CT molecular complexity index is 787. The summed E-state index contributed by atoms with van der Waals surface area (Å²) < 4.78 is 11.2. The van der Waals surface area contributed by atoms with E-state index in [0.29, 0.717) is 16.7 Å². The van der Waals surface area contributed by atoms with Crippen molar-refractivity contribution in [1.82, 2.24) is 0 Å².